The van der Waals surface area contributed by atoms with Gasteiger partial charge in [0, 0.05) is 0 Å². The van der Waals surface area contributed by atoms with E-state index >= 15 is 0 Å². The Morgan fingerprint density at radius 1 is 1.04 bits per heavy atom. The quantitative estimate of drug-likeness (QED) is 0.141. The molecule has 258 valence electrons. The summed E-state index contributed by atoms with van der Waals surface area (Å²) in [5.74, 6) is -3.30. The van der Waals surface area contributed by atoms with Crippen LogP contribution in [0.5, 0.6) is 0 Å². The number of carbonyl (C=O) groups is 3. The van der Waals surface area contributed by atoms with Gasteiger partial charge in [0.05, 0.1) is 31.2 Å². The number of nitriles is 1. The molecule has 0 saturated carbocycles. The zero-order chi connectivity index (χ0) is 35.2. The number of methoxy groups -OCH3 is 1. The zero-order valence-corrected chi connectivity index (χ0v) is 28.3. The number of nitrogens with one attached hydrogen (secondary N) is 1. The molecule has 6 atom stereocenters. The summed E-state index contributed by atoms with van der Waals surface area (Å²) < 4.78 is 49.9. The fourth-order valence-electron chi connectivity index (χ4n) is 4.75. The smallest absolute Gasteiger partial charge is 0.406 e. The molecule has 1 saturated heterocycles. The summed E-state index contributed by atoms with van der Waals surface area (Å²) >= 11 is 0. The molecule has 1 aliphatic rings. The van der Waals surface area contributed by atoms with E-state index in [1.54, 1.807) is 70.2 Å². The lowest BCUT2D eigenvalue weighted by atomic mass is 9.95. The highest BCUT2D eigenvalue weighted by Gasteiger charge is 2.62. The highest BCUT2D eigenvalue weighted by atomic mass is 31.2. The van der Waals surface area contributed by atoms with Crippen LogP contribution in [0.25, 0.3) is 5.52 Å². The number of rotatable bonds is 14. The molecule has 4 rings (SSSR count). The molecule has 3 N–H and O–H groups in total. The van der Waals surface area contributed by atoms with Crippen molar-refractivity contribution in [1.29, 1.82) is 5.26 Å². The number of hydrogen-bond donors (Lipinski definition) is 2. The Kier molecular flexibility index (Phi) is 11.6. The molecule has 1 aliphatic heterocycles. The molecule has 1 aromatic carbocycles. The summed E-state index contributed by atoms with van der Waals surface area (Å²) in [7, 11) is -3.30. The molecule has 2 aromatic heterocycles. The van der Waals surface area contributed by atoms with Gasteiger partial charge < -0.3 is 24.7 Å². The molecule has 0 radical (unpaired) electrons. The molecule has 2 unspecified atom stereocenters. The lowest BCUT2D eigenvalue weighted by molar-refractivity contribution is -0.173. The van der Waals surface area contributed by atoms with E-state index in [4.69, 9.17) is 33.7 Å². The molecule has 16 nitrogen and oxygen atoms in total. The van der Waals surface area contributed by atoms with Crippen LogP contribution in [-0.4, -0.2) is 70.1 Å². The number of benzene rings is 1. The first-order valence-electron chi connectivity index (χ1n) is 15.1. The molecule has 0 spiro atoms. The first-order chi connectivity index (χ1) is 22.7. The molecule has 3 heterocycles. The second-order valence-electron chi connectivity index (χ2n) is 11.7. The van der Waals surface area contributed by atoms with Gasteiger partial charge in [-0.15, -0.1) is 0 Å². The largest absolute Gasteiger partial charge is 0.468 e. The number of anilines is 1. The Morgan fingerprint density at radius 2 is 1.71 bits per heavy atom. The van der Waals surface area contributed by atoms with Crippen molar-refractivity contribution < 1.29 is 46.9 Å². The van der Waals surface area contributed by atoms with E-state index in [9.17, 15) is 24.2 Å². The number of carbonyl (C=O) groups excluding carboxylic acids is 3. The number of esters is 3. The molecule has 0 aliphatic carbocycles. The minimum absolute atomic E-state index is 0.143. The molecule has 3 aromatic rings. The maximum absolute atomic E-state index is 14.2. The summed E-state index contributed by atoms with van der Waals surface area (Å²) in [6.07, 6.45) is -3.08. The van der Waals surface area contributed by atoms with Gasteiger partial charge in [-0.3, -0.25) is 23.4 Å². The second kappa shape index (κ2) is 15.2. The van der Waals surface area contributed by atoms with Crippen molar-refractivity contribution in [3.63, 3.8) is 0 Å². The van der Waals surface area contributed by atoms with E-state index in [-0.39, 0.29) is 18.1 Å². The van der Waals surface area contributed by atoms with Crippen molar-refractivity contribution in [2.75, 3.05) is 19.5 Å². The summed E-state index contributed by atoms with van der Waals surface area (Å²) in [4.78, 5) is 42.4. The lowest BCUT2D eigenvalue weighted by Crippen LogP contribution is -2.50. The normalized spacial score (nSPS) is 22.6. The third kappa shape index (κ3) is 8.00. The van der Waals surface area contributed by atoms with Crippen molar-refractivity contribution in [2.24, 2.45) is 11.8 Å². The van der Waals surface area contributed by atoms with Crippen LogP contribution in [0.4, 0.5) is 5.82 Å². The van der Waals surface area contributed by atoms with Crippen LogP contribution in [0.2, 0.25) is 0 Å². The van der Waals surface area contributed by atoms with E-state index in [1.165, 1.54) is 17.8 Å². The van der Waals surface area contributed by atoms with Crippen LogP contribution in [0.15, 0.2) is 48.8 Å². The molecule has 17 heteroatoms. The van der Waals surface area contributed by atoms with Gasteiger partial charge in [0.2, 0.25) is 5.60 Å². The Hall–Kier alpha value is -4.39. The van der Waals surface area contributed by atoms with E-state index in [1.807, 2.05) is 6.07 Å². The SMILES string of the molecule is COC(=O)C(C)NP(=O)(OCc1ccccc1)OC[C@@]1(C#N)O[C@@H](c2ccc3c(N)ncnn23)[C@H](OC(=O)C(C)C)[C@@H]1OC(=O)C(C)C. The number of nitrogens with zero attached hydrogens (tertiary/aromatic N) is 4. The number of hydrogen-bond acceptors (Lipinski definition) is 14. The number of aromatic nitrogens is 3. The van der Waals surface area contributed by atoms with Gasteiger partial charge >= 0.3 is 25.7 Å². The topological polar surface area (TPSA) is 216 Å². The van der Waals surface area contributed by atoms with Gasteiger partial charge in [0.25, 0.3) is 0 Å². The van der Waals surface area contributed by atoms with Crippen LogP contribution in [-0.2, 0) is 53.6 Å². The molecular formula is C31H39N6O10P. The number of nitrogens with two attached hydrogens (primary N) is 1. The Labute approximate surface area is 277 Å². The molecular weight excluding hydrogens is 647 g/mol. The summed E-state index contributed by atoms with van der Waals surface area (Å²) in [5.41, 5.74) is 5.12. The Balaban J connectivity index is 1.78. The summed E-state index contributed by atoms with van der Waals surface area (Å²) in [5, 5.41) is 17.5. The van der Waals surface area contributed by atoms with Gasteiger partial charge in [-0.25, -0.2) is 19.2 Å². The maximum atomic E-state index is 14.2. The van der Waals surface area contributed by atoms with Crippen molar-refractivity contribution >= 4 is 37.0 Å². The van der Waals surface area contributed by atoms with Gasteiger partial charge in [0.15, 0.2) is 18.0 Å². The van der Waals surface area contributed by atoms with Crippen LogP contribution < -0.4 is 10.8 Å². The van der Waals surface area contributed by atoms with Crippen molar-refractivity contribution in [2.45, 2.75) is 71.2 Å². The minimum Gasteiger partial charge on any atom is -0.468 e. The first kappa shape index (κ1) is 36.4. The molecule has 1 fully saturated rings. The number of fused-ring (bicyclic) bond motifs is 1. The predicted octanol–water partition coefficient (Wildman–Crippen LogP) is 3.27. The predicted molar refractivity (Wildman–Crippen MR) is 168 cm³/mol. The Morgan fingerprint density at radius 3 is 2.33 bits per heavy atom. The summed E-state index contributed by atoms with van der Waals surface area (Å²) in [6, 6.07) is 12.8. The zero-order valence-electron chi connectivity index (χ0n) is 27.4. The standard InChI is InChI=1S/C31H39N6O10P/c1-18(2)28(38)45-25-24(22-12-13-23-27(33)34-17-35-37(22)23)47-31(15-32,26(25)46-29(39)19(3)4)16-44-48(41,36-20(5)30(40)42-6)43-14-21-10-8-7-9-11-21/h7-13,17-20,24-26H,14,16H2,1-6H3,(H,36,41)(H2,33,34,35)/t20?,24-,25-,26-,31+,48?/m0/s1. The molecule has 48 heavy (non-hydrogen) atoms. The van der Waals surface area contributed by atoms with Crippen LogP contribution >= 0.6 is 7.75 Å². The summed E-state index contributed by atoms with van der Waals surface area (Å²) in [6.45, 7) is 6.73. The molecule has 0 bridgehead atoms. The minimum atomic E-state index is -4.46. The molecule has 0 amide bonds. The van der Waals surface area contributed by atoms with E-state index in [0.29, 0.717) is 11.1 Å². The van der Waals surface area contributed by atoms with E-state index in [0.717, 1.165) is 7.11 Å². The van der Waals surface area contributed by atoms with E-state index < -0.39 is 74.1 Å². The maximum Gasteiger partial charge on any atom is 0.406 e. The van der Waals surface area contributed by atoms with E-state index in [2.05, 4.69) is 15.2 Å². The third-order valence-corrected chi connectivity index (χ3v) is 9.06. The van der Waals surface area contributed by atoms with Gasteiger partial charge in [-0.05, 0) is 24.6 Å². The highest BCUT2D eigenvalue weighted by Crippen LogP contribution is 2.50. The van der Waals surface area contributed by atoms with Crippen LogP contribution in [0, 0.1) is 23.2 Å². The van der Waals surface area contributed by atoms with Crippen molar-refractivity contribution in [3.05, 3.63) is 60.0 Å². The Bertz CT molecular complexity index is 1710. The number of ether oxygens (including phenoxy) is 4. The fraction of sp³-hybridized carbons (Fsp3) is 0.484. The number of nitrogen functional groups attached to an aromatic ring is 1. The monoisotopic (exact) mass is 686 g/mol. The highest BCUT2D eigenvalue weighted by molar-refractivity contribution is 7.51. The van der Waals surface area contributed by atoms with Crippen molar-refractivity contribution in [3.8, 4) is 6.07 Å². The average molecular weight is 687 g/mol. The first-order valence-corrected chi connectivity index (χ1v) is 16.6. The third-order valence-electron chi connectivity index (χ3n) is 7.42. The van der Waals surface area contributed by atoms with Crippen molar-refractivity contribution in [1.82, 2.24) is 19.7 Å². The second-order valence-corrected chi connectivity index (χ2v) is 13.5. The van der Waals surface area contributed by atoms with Crippen LogP contribution in [0.3, 0.4) is 0 Å². The fourth-order valence-corrected chi connectivity index (χ4v) is 6.23. The average Bonchev–Trinajstić information content (AvgIpc) is 3.63. The van der Waals surface area contributed by atoms with Gasteiger partial charge in [-0.1, -0.05) is 58.0 Å². The van der Waals surface area contributed by atoms with Crippen LogP contribution in [0.1, 0.15) is 52.0 Å². The lowest BCUT2D eigenvalue weighted by Gasteiger charge is -2.31. The van der Waals surface area contributed by atoms with Gasteiger partial charge in [0.1, 0.15) is 36.7 Å². The van der Waals surface area contributed by atoms with Gasteiger partial charge in [-0.2, -0.15) is 10.4 Å².